The van der Waals surface area contributed by atoms with Gasteiger partial charge in [0.15, 0.2) is 0 Å². The third-order valence-corrected chi connectivity index (χ3v) is 4.71. The Labute approximate surface area is 117 Å². The van der Waals surface area contributed by atoms with Gasteiger partial charge in [-0.2, -0.15) is 0 Å². The molecule has 98 valence electrons. The maximum Gasteiger partial charge on any atom is 0.258 e. The number of hydrogen-bond donors (Lipinski definition) is 0. The first kappa shape index (κ1) is 11.4. The molecule has 3 bridgehead atoms. The standard InChI is InChI=1S/C15H15ClN2O/c16-12-3-1-10(2-4-12)15(19)18-13-7-11-5-6-17(8-13)9-14(11)18/h1-4,9,11,13H,5-8H2. The van der Waals surface area contributed by atoms with Gasteiger partial charge in [-0.15, -0.1) is 0 Å². The summed E-state index contributed by atoms with van der Waals surface area (Å²) in [5, 5.41) is 0.669. The van der Waals surface area contributed by atoms with Gasteiger partial charge in [0.05, 0.1) is 6.04 Å². The Hall–Kier alpha value is -1.48. The first-order valence-corrected chi connectivity index (χ1v) is 7.15. The van der Waals surface area contributed by atoms with Crippen molar-refractivity contribution in [2.75, 3.05) is 13.1 Å². The largest absolute Gasteiger partial charge is 0.374 e. The smallest absolute Gasteiger partial charge is 0.258 e. The van der Waals surface area contributed by atoms with Crippen LogP contribution in [-0.2, 0) is 0 Å². The number of carbonyl (C=O) groups is 1. The lowest BCUT2D eigenvalue weighted by Gasteiger charge is -2.38. The lowest BCUT2D eigenvalue weighted by Crippen LogP contribution is -2.46. The first-order valence-electron chi connectivity index (χ1n) is 6.77. The van der Waals surface area contributed by atoms with E-state index in [4.69, 9.17) is 11.6 Å². The SMILES string of the molecule is O=C(c1ccc(Cl)cc1)N1C2=CN3CCC2CC1C3. The minimum Gasteiger partial charge on any atom is -0.374 e. The van der Waals surface area contributed by atoms with Crippen LogP contribution in [0.2, 0.25) is 5.02 Å². The van der Waals surface area contributed by atoms with Gasteiger partial charge in [0.1, 0.15) is 0 Å². The fraction of sp³-hybridized carbons (Fsp3) is 0.400. The average Bonchev–Trinajstić information content (AvgIpc) is 2.56. The minimum absolute atomic E-state index is 0.122. The molecule has 0 saturated carbocycles. The van der Waals surface area contributed by atoms with Crippen LogP contribution in [0.4, 0.5) is 0 Å². The number of allylic oxidation sites excluding steroid dienone is 1. The second-order valence-corrected chi connectivity index (χ2v) is 6.04. The molecule has 2 atom stereocenters. The van der Waals surface area contributed by atoms with Crippen molar-refractivity contribution in [1.29, 1.82) is 0 Å². The molecule has 19 heavy (non-hydrogen) atoms. The molecule has 2 unspecified atom stereocenters. The van der Waals surface area contributed by atoms with E-state index < -0.39 is 0 Å². The highest BCUT2D eigenvalue weighted by molar-refractivity contribution is 6.30. The van der Waals surface area contributed by atoms with Crippen molar-refractivity contribution < 1.29 is 4.79 Å². The number of nitrogens with zero attached hydrogens (tertiary/aromatic N) is 2. The fourth-order valence-electron chi connectivity index (χ4n) is 3.55. The van der Waals surface area contributed by atoms with Gasteiger partial charge in [-0.25, -0.2) is 0 Å². The predicted octanol–water partition coefficient (Wildman–Crippen LogP) is 2.73. The van der Waals surface area contributed by atoms with Gasteiger partial charge in [-0.3, -0.25) is 4.79 Å². The van der Waals surface area contributed by atoms with Crippen LogP contribution in [0.3, 0.4) is 0 Å². The quantitative estimate of drug-likeness (QED) is 0.786. The Morgan fingerprint density at radius 1 is 1.26 bits per heavy atom. The third-order valence-electron chi connectivity index (χ3n) is 4.45. The van der Waals surface area contributed by atoms with Gasteiger partial charge in [-0.1, -0.05) is 11.6 Å². The van der Waals surface area contributed by atoms with Gasteiger partial charge in [0.2, 0.25) is 0 Å². The van der Waals surface area contributed by atoms with E-state index in [0.29, 0.717) is 17.0 Å². The van der Waals surface area contributed by atoms with Crippen LogP contribution in [0.1, 0.15) is 23.2 Å². The number of carbonyl (C=O) groups excluding carboxylic acids is 1. The Bertz CT molecular complexity index is 564. The number of benzene rings is 1. The Morgan fingerprint density at radius 3 is 2.84 bits per heavy atom. The van der Waals surface area contributed by atoms with E-state index in [1.807, 2.05) is 17.0 Å². The molecule has 0 aromatic heterocycles. The molecule has 4 heteroatoms. The van der Waals surface area contributed by atoms with Crippen LogP contribution in [0.15, 0.2) is 36.2 Å². The van der Waals surface area contributed by atoms with Crippen molar-refractivity contribution in [3.05, 3.63) is 46.7 Å². The fourth-order valence-corrected chi connectivity index (χ4v) is 3.68. The maximum absolute atomic E-state index is 12.7. The molecule has 1 aromatic carbocycles. The summed E-state index contributed by atoms with van der Waals surface area (Å²) in [6.45, 7) is 2.13. The topological polar surface area (TPSA) is 23.6 Å². The zero-order valence-corrected chi connectivity index (χ0v) is 11.3. The van der Waals surface area contributed by atoms with Crippen molar-refractivity contribution >= 4 is 17.5 Å². The van der Waals surface area contributed by atoms with Crippen LogP contribution in [-0.4, -0.2) is 34.8 Å². The van der Waals surface area contributed by atoms with E-state index in [2.05, 4.69) is 11.1 Å². The second-order valence-electron chi connectivity index (χ2n) is 5.61. The van der Waals surface area contributed by atoms with Crippen molar-refractivity contribution in [2.45, 2.75) is 18.9 Å². The van der Waals surface area contributed by atoms with Gasteiger partial charge in [-0.05, 0) is 37.1 Å². The summed E-state index contributed by atoms with van der Waals surface area (Å²) >= 11 is 5.88. The normalized spacial score (nSPS) is 27.7. The third kappa shape index (κ3) is 1.68. The second kappa shape index (κ2) is 4.01. The average molecular weight is 275 g/mol. The molecule has 3 aliphatic heterocycles. The van der Waals surface area contributed by atoms with Crippen molar-refractivity contribution in [2.24, 2.45) is 5.92 Å². The van der Waals surface area contributed by atoms with Crippen LogP contribution < -0.4 is 0 Å². The molecule has 0 aliphatic carbocycles. The van der Waals surface area contributed by atoms with E-state index in [0.717, 1.165) is 25.1 Å². The van der Waals surface area contributed by atoms with E-state index in [9.17, 15) is 4.79 Å². The Kier molecular flexibility index (Phi) is 2.39. The zero-order valence-electron chi connectivity index (χ0n) is 10.6. The first-order chi connectivity index (χ1) is 9.22. The van der Waals surface area contributed by atoms with Crippen LogP contribution in [0.25, 0.3) is 0 Å². The van der Waals surface area contributed by atoms with Crippen molar-refractivity contribution in [3.8, 4) is 0 Å². The summed E-state index contributed by atoms with van der Waals surface area (Å²) in [6, 6.07) is 7.56. The van der Waals surface area contributed by atoms with Gasteiger partial charge in [0, 0.05) is 41.5 Å². The summed E-state index contributed by atoms with van der Waals surface area (Å²) < 4.78 is 0. The maximum atomic E-state index is 12.7. The monoisotopic (exact) mass is 274 g/mol. The molecule has 1 aromatic rings. The minimum atomic E-state index is 0.122. The summed E-state index contributed by atoms with van der Waals surface area (Å²) in [5.41, 5.74) is 1.96. The van der Waals surface area contributed by atoms with E-state index in [1.165, 1.54) is 12.1 Å². The molecule has 0 N–H and O–H groups in total. The molecule has 1 amide bonds. The van der Waals surface area contributed by atoms with Crippen molar-refractivity contribution in [1.82, 2.24) is 9.80 Å². The zero-order chi connectivity index (χ0) is 13.0. The molecule has 0 radical (unpaired) electrons. The lowest BCUT2D eigenvalue weighted by atomic mass is 9.99. The van der Waals surface area contributed by atoms with E-state index in [-0.39, 0.29) is 5.91 Å². The molecular weight excluding hydrogens is 260 g/mol. The molecule has 0 spiro atoms. The highest BCUT2D eigenvalue weighted by Crippen LogP contribution is 2.43. The summed E-state index contributed by atoms with van der Waals surface area (Å²) in [4.78, 5) is 17.0. The summed E-state index contributed by atoms with van der Waals surface area (Å²) in [5.74, 6) is 0.706. The van der Waals surface area contributed by atoms with E-state index >= 15 is 0 Å². The molecule has 1 saturated heterocycles. The molecule has 3 nitrogen and oxygen atoms in total. The van der Waals surface area contributed by atoms with Gasteiger partial charge in [0.25, 0.3) is 5.91 Å². The number of hydrogen-bond acceptors (Lipinski definition) is 2. The van der Waals surface area contributed by atoms with E-state index in [1.54, 1.807) is 12.1 Å². The molecule has 3 aliphatic rings. The van der Waals surface area contributed by atoms with Crippen LogP contribution in [0.5, 0.6) is 0 Å². The molecular formula is C15H15ClN2O. The van der Waals surface area contributed by atoms with Gasteiger partial charge >= 0.3 is 0 Å². The molecule has 3 heterocycles. The summed E-state index contributed by atoms with van der Waals surface area (Å²) in [6.07, 6.45) is 4.50. The lowest BCUT2D eigenvalue weighted by molar-refractivity contribution is 0.0720. The van der Waals surface area contributed by atoms with Crippen molar-refractivity contribution in [3.63, 3.8) is 0 Å². The number of rotatable bonds is 1. The number of amides is 1. The Morgan fingerprint density at radius 2 is 2.05 bits per heavy atom. The summed E-state index contributed by atoms with van der Waals surface area (Å²) in [7, 11) is 0. The molecule has 1 fully saturated rings. The highest BCUT2D eigenvalue weighted by atomic mass is 35.5. The highest BCUT2D eigenvalue weighted by Gasteiger charge is 2.45. The van der Waals surface area contributed by atoms with Crippen LogP contribution >= 0.6 is 11.6 Å². The Balaban J connectivity index is 1.69. The molecule has 4 rings (SSSR count). The predicted molar refractivity (Wildman–Crippen MR) is 73.8 cm³/mol. The van der Waals surface area contributed by atoms with Gasteiger partial charge < -0.3 is 9.80 Å². The number of halogens is 1. The number of fused-ring (bicyclic) bond motifs is 2. The van der Waals surface area contributed by atoms with Crippen LogP contribution in [0, 0.1) is 5.92 Å².